The van der Waals surface area contributed by atoms with Crippen molar-refractivity contribution in [3.8, 4) is 0 Å². The van der Waals surface area contributed by atoms with Gasteiger partial charge in [-0.15, -0.1) is 0 Å². The summed E-state index contributed by atoms with van der Waals surface area (Å²) in [4.78, 5) is 10.6. The van der Waals surface area contributed by atoms with Crippen LogP contribution in [0.15, 0.2) is 12.4 Å². The molecule has 2 heterocycles. The van der Waals surface area contributed by atoms with Crippen LogP contribution in [0.4, 0.5) is 11.5 Å². The van der Waals surface area contributed by atoms with Gasteiger partial charge >= 0.3 is 5.69 Å². The minimum Gasteiger partial charge on any atom is -0.383 e. The third-order valence-corrected chi connectivity index (χ3v) is 3.30. The first-order valence-corrected chi connectivity index (χ1v) is 6.35. The van der Waals surface area contributed by atoms with Gasteiger partial charge in [-0.3, -0.25) is 14.8 Å². The maximum Gasteiger partial charge on any atom is 0.333 e. The van der Waals surface area contributed by atoms with Crippen molar-refractivity contribution in [1.82, 2.24) is 19.6 Å². The largest absolute Gasteiger partial charge is 0.383 e. The molecule has 9 heteroatoms. The average molecular weight is 294 g/mol. The molecule has 0 saturated carbocycles. The molecule has 9 nitrogen and oxygen atoms in total. The number of aliphatic hydroxyl groups is 1. The molecular formula is C12H18N6O3. The quantitative estimate of drug-likeness (QED) is 0.620. The van der Waals surface area contributed by atoms with E-state index in [1.54, 1.807) is 45.0 Å². The second-order valence-electron chi connectivity index (χ2n) is 5.19. The smallest absolute Gasteiger partial charge is 0.333 e. The van der Waals surface area contributed by atoms with Gasteiger partial charge in [0.2, 0.25) is 5.82 Å². The highest BCUT2D eigenvalue weighted by molar-refractivity contribution is 5.59. The van der Waals surface area contributed by atoms with Crippen molar-refractivity contribution in [2.75, 3.05) is 11.9 Å². The van der Waals surface area contributed by atoms with Gasteiger partial charge in [-0.2, -0.15) is 10.2 Å². The van der Waals surface area contributed by atoms with Gasteiger partial charge < -0.3 is 10.4 Å². The van der Waals surface area contributed by atoms with E-state index in [0.717, 1.165) is 0 Å². The zero-order valence-corrected chi connectivity index (χ0v) is 12.4. The van der Waals surface area contributed by atoms with Crippen LogP contribution in [0.25, 0.3) is 0 Å². The van der Waals surface area contributed by atoms with Gasteiger partial charge in [0.25, 0.3) is 0 Å². The molecule has 1 atom stereocenters. The summed E-state index contributed by atoms with van der Waals surface area (Å²) in [6, 6.07) is 0. The summed E-state index contributed by atoms with van der Waals surface area (Å²) in [5.74, 6) is 0.265. The molecule has 0 amide bonds. The predicted molar refractivity (Wildman–Crippen MR) is 75.9 cm³/mol. The highest BCUT2D eigenvalue weighted by Crippen LogP contribution is 2.29. The monoisotopic (exact) mass is 294 g/mol. The number of rotatable bonds is 5. The summed E-state index contributed by atoms with van der Waals surface area (Å²) in [7, 11) is 3.36. The van der Waals surface area contributed by atoms with Crippen molar-refractivity contribution in [1.29, 1.82) is 0 Å². The molecule has 0 aliphatic carbocycles. The minimum atomic E-state index is -1.21. The normalized spacial score (nSPS) is 14.0. The zero-order chi connectivity index (χ0) is 15.8. The molecule has 0 saturated heterocycles. The number of aromatic nitrogens is 4. The molecule has 0 bridgehead atoms. The van der Waals surface area contributed by atoms with Crippen molar-refractivity contribution < 1.29 is 10.0 Å². The average Bonchev–Trinajstić information content (AvgIpc) is 2.91. The maximum atomic E-state index is 11.1. The summed E-state index contributed by atoms with van der Waals surface area (Å²) >= 11 is 0. The summed E-state index contributed by atoms with van der Waals surface area (Å²) in [5, 5.41) is 32.5. The summed E-state index contributed by atoms with van der Waals surface area (Å²) in [6.45, 7) is 3.28. The Balaban J connectivity index is 2.22. The molecule has 0 aromatic carbocycles. The first kappa shape index (κ1) is 15.0. The second kappa shape index (κ2) is 5.17. The number of aryl methyl sites for hydroxylation is 3. The lowest BCUT2D eigenvalue weighted by molar-refractivity contribution is -0.384. The molecule has 2 aromatic rings. The van der Waals surface area contributed by atoms with Crippen molar-refractivity contribution >= 4 is 11.5 Å². The van der Waals surface area contributed by atoms with E-state index < -0.39 is 10.5 Å². The molecule has 0 fully saturated rings. The number of hydrogen-bond acceptors (Lipinski definition) is 6. The van der Waals surface area contributed by atoms with E-state index in [1.165, 1.54) is 4.68 Å². The van der Waals surface area contributed by atoms with E-state index in [-0.39, 0.29) is 18.1 Å². The Bertz CT molecular complexity index is 673. The Kier molecular flexibility index (Phi) is 3.69. The highest BCUT2D eigenvalue weighted by Gasteiger charge is 2.29. The van der Waals surface area contributed by atoms with Crippen LogP contribution in [-0.2, 0) is 19.7 Å². The lowest BCUT2D eigenvalue weighted by atomic mass is 10.00. The van der Waals surface area contributed by atoms with Gasteiger partial charge in [-0.25, -0.2) is 4.68 Å². The Morgan fingerprint density at radius 2 is 2.19 bits per heavy atom. The molecule has 0 aliphatic heterocycles. The summed E-state index contributed by atoms with van der Waals surface area (Å²) in [5.41, 5.74) is -0.343. The minimum absolute atomic E-state index is 0.0838. The summed E-state index contributed by atoms with van der Waals surface area (Å²) in [6.07, 6.45) is 3.26. The standard InChI is InChI=1S/C12H18N6O3/c1-8-10(18(20)21)11(17(4)15-8)13-7-12(2,19)9-5-14-16(3)6-9/h5-6,13,19H,7H2,1-4H3/t12-/m0/s1. The van der Waals surface area contributed by atoms with Gasteiger partial charge in [-0.05, 0) is 13.8 Å². The van der Waals surface area contributed by atoms with E-state index in [9.17, 15) is 15.2 Å². The second-order valence-corrected chi connectivity index (χ2v) is 5.19. The third kappa shape index (κ3) is 2.87. The molecule has 2 rings (SSSR count). The molecule has 2 N–H and O–H groups in total. The van der Waals surface area contributed by atoms with Crippen LogP contribution in [0.2, 0.25) is 0 Å². The van der Waals surface area contributed by atoms with Crippen LogP contribution in [0.3, 0.4) is 0 Å². The van der Waals surface area contributed by atoms with Gasteiger partial charge in [-0.1, -0.05) is 0 Å². The molecule has 0 spiro atoms. The van der Waals surface area contributed by atoms with Crippen LogP contribution in [-0.4, -0.2) is 36.1 Å². The van der Waals surface area contributed by atoms with E-state index in [4.69, 9.17) is 0 Å². The number of nitrogens with one attached hydrogen (secondary N) is 1. The fourth-order valence-corrected chi connectivity index (χ4v) is 2.12. The van der Waals surface area contributed by atoms with Crippen molar-refractivity contribution in [2.45, 2.75) is 19.4 Å². The first-order valence-electron chi connectivity index (χ1n) is 6.35. The van der Waals surface area contributed by atoms with Crippen molar-refractivity contribution in [2.24, 2.45) is 14.1 Å². The number of hydrogen-bond donors (Lipinski definition) is 2. The van der Waals surface area contributed by atoms with E-state index in [0.29, 0.717) is 11.3 Å². The Labute approximate surface area is 121 Å². The van der Waals surface area contributed by atoms with Gasteiger partial charge in [0, 0.05) is 32.4 Å². The van der Waals surface area contributed by atoms with Gasteiger partial charge in [0.15, 0.2) is 0 Å². The molecule has 0 radical (unpaired) electrons. The lowest BCUT2D eigenvalue weighted by Crippen LogP contribution is -2.31. The third-order valence-electron chi connectivity index (χ3n) is 3.30. The van der Waals surface area contributed by atoms with E-state index >= 15 is 0 Å². The van der Waals surface area contributed by atoms with Crippen LogP contribution in [0.1, 0.15) is 18.2 Å². The molecule has 0 unspecified atom stereocenters. The van der Waals surface area contributed by atoms with Crippen LogP contribution in [0, 0.1) is 17.0 Å². The topological polar surface area (TPSA) is 111 Å². The number of anilines is 1. The summed E-state index contributed by atoms with van der Waals surface area (Å²) < 4.78 is 2.98. The highest BCUT2D eigenvalue weighted by atomic mass is 16.6. The van der Waals surface area contributed by atoms with Gasteiger partial charge in [0.05, 0.1) is 11.1 Å². The van der Waals surface area contributed by atoms with Crippen molar-refractivity contribution in [3.05, 3.63) is 33.8 Å². The van der Waals surface area contributed by atoms with Crippen molar-refractivity contribution in [3.63, 3.8) is 0 Å². The lowest BCUT2D eigenvalue weighted by Gasteiger charge is -2.22. The fraction of sp³-hybridized carbons (Fsp3) is 0.500. The Morgan fingerprint density at radius 1 is 1.52 bits per heavy atom. The Hall–Kier alpha value is -2.42. The molecule has 114 valence electrons. The zero-order valence-electron chi connectivity index (χ0n) is 12.4. The maximum absolute atomic E-state index is 11.1. The predicted octanol–water partition coefficient (Wildman–Crippen LogP) is 0.690. The molecule has 2 aromatic heterocycles. The number of nitro groups is 1. The first-order chi connectivity index (χ1) is 9.72. The molecular weight excluding hydrogens is 276 g/mol. The van der Waals surface area contributed by atoms with E-state index in [2.05, 4.69) is 15.5 Å². The van der Waals surface area contributed by atoms with Gasteiger partial charge in [0.1, 0.15) is 11.3 Å². The van der Waals surface area contributed by atoms with Crippen LogP contribution in [0.5, 0.6) is 0 Å². The van der Waals surface area contributed by atoms with Crippen LogP contribution >= 0.6 is 0 Å². The SMILES string of the molecule is Cc1nn(C)c(NC[C@](C)(O)c2cnn(C)c2)c1[N+](=O)[O-]. The van der Waals surface area contributed by atoms with E-state index in [1.807, 2.05) is 0 Å². The molecule has 0 aliphatic rings. The Morgan fingerprint density at radius 3 is 2.71 bits per heavy atom. The fourth-order valence-electron chi connectivity index (χ4n) is 2.12. The number of nitrogens with zero attached hydrogens (tertiary/aromatic N) is 5. The van der Waals surface area contributed by atoms with Crippen LogP contribution < -0.4 is 5.32 Å². The molecule has 21 heavy (non-hydrogen) atoms.